The van der Waals surface area contributed by atoms with Crippen molar-refractivity contribution < 1.29 is 0 Å². The van der Waals surface area contributed by atoms with Crippen molar-refractivity contribution in [3.8, 4) is 33.8 Å². The Labute approximate surface area is 217 Å². The Hall–Kier alpha value is -4.30. The summed E-state index contributed by atoms with van der Waals surface area (Å²) >= 11 is 1.69. The Morgan fingerprint density at radius 3 is 2.84 bits per heavy atom. The third-order valence-electron chi connectivity index (χ3n) is 7.21. The fraction of sp³-hybridized carbons (Fsp3) is 0.172. The summed E-state index contributed by atoms with van der Waals surface area (Å²) in [5, 5.41) is 16.5. The Balaban J connectivity index is 1.25. The molecule has 182 valence electrons. The van der Waals surface area contributed by atoms with Gasteiger partial charge in [0.15, 0.2) is 0 Å². The van der Waals surface area contributed by atoms with E-state index in [1.54, 1.807) is 11.3 Å². The number of rotatable bonds is 6. The van der Waals surface area contributed by atoms with Crippen LogP contribution in [0, 0.1) is 5.92 Å². The number of pyridine rings is 3. The number of hydrogen-bond acceptors (Lipinski definition) is 6. The average molecular weight is 504 g/mol. The van der Waals surface area contributed by atoms with Gasteiger partial charge in [-0.15, -0.1) is 0 Å². The van der Waals surface area contributed by atoms with Gasteiger partial charge in [-0.05, 0) is 77.0 Å². The Kier molecular flexibility index (Phi) is 5.32. The second-order valence-corrected chi connectivity index (χ2v) is 10.4. The summed E-state index contributed by atoms with van der Waals surface area (Å²) in [5.74, 6) is 0.540. The molecule has 0 saturated heterocycles. The largest absolute Gasteiger partial charge is 0.358 e. The van der Waals surface area contributed by atoms with Gasteiger partial charge in [-0.1, -0.05) is 19.4 Å². The van der Waals surface area contributed by atoms with Crippen LogP contribution in [-0.2, 0) is 0 Å². The third-order valence-corrected chi connectivity index (χ3v) is 7.90. The van der Waals surface area contributed by atoms with Crippen LogP contribution in [0.2, 0.25) is 0 Å². The summed E-state index contributed by atoms with van der Waals surface area (Å²) in [5.41, 5.74) is 10.3. The number of thiophene rings is 1. The van der Waals surface area contributed by atoms with Crippen molar-refractivity contribution in [3.63, 3.8) is 0 Å². The van der Waals surface area contributed by atoms with E-state index in [1.807, 2.05) is 30.7 Å². The lowest BCUT2D eigenvalue weighted by Crippen LogP contribution is -2.07. The minimum absolute atomic E-state index is 0.540. The summed E-state index contributed by atoms with van der Waals surface area (Å²) in [4.78, 5) is 17.5. The van der Waals surface area contributed by atoms with E-state index in [-0.39, 0.29) is 0 Å². The summed E-state index contributed by atoms with van der Waals surface area (Å²) in [6, 6.07) is 12.4. The minimum Gasteiger partial charge on any atom is -0.358 e. The number of nitrogens with zero attached hydrogens (tertiary/aromatic N) is 4. The minimum atomic E-state index is 0.540. The van der Waals surface area contributed by atoms with Gasteiger partial charge < -0.3 is 10.3 Å². The fourth-order valence-corrected chi connectivity index (χ4v) is 5.94. The molecule has 3 N–H and O–H groups in total. The SMILES string of the molecule is C=C(Nc1cncc(-c2ccc3[nH]nc(-c4cc5c(-c6ccsc6)ccnc5[nH]4)c3n2)c1)C1CCCC1. The predicted molar refractivity (Wildman–Crippen MR) is 150 cm³/mol. The number of aromatic nitrogens is 6. The van der Waals surface area contributed by atoms with Crippen molar-refractivity contribution in [3.05, 3.63) is 78.0 Å². The van der Waals surface area contributed by atoms with E-state index in [0.29, 0.717) is 5.92 Å². The van der Waals surface area contributed by atoms with E-state index < -0.39 is 0 Å². The topological polar surface area (TPSA) is 95.2 Å². The van der Waals surface area contributed by atoms with Crippen LogP contribution in [-0.4, -0.2) is 30.1 Å². The number of allylic oxidation sites excluding steroid dienone is 1. The maximum Gasteiger partial charge on any atom is 0.138 e. The Morgan fingerprint density at radius 1 is 1.05 bits per heavy atom. The maximum absolute atomic E-state index is 5.00. The van der Waals surface area contributed by atoms with Crippen molar-refractivity contribution in [1.29, 1.82) is 0 Å². The third kappa shape index (κ3) is 3.99. The number of nitrogens with one attached hydrogen (secondary N) is 3. The van der Waals surface area contributed by atoms with E-state index in [4.69, 9.17) is 4.98 Å². The van der Waals surface area contributed by atoms with Gasteiger partial charge in [0.05, 0.1) is 28.8 Å². The smallest absolute Gasteiger partial charge is 0.138 e. The van der Waals surface area contributed by atoms with Gasteiger partial charge in [0.1, 0.15) is 16.9 Å². The molecule has 0 aliphatic heterocycles. The molecule has 0 amide bonds. The first-order valence-corrected chi connectivity index (χ1v) is 13.4. The molecule has 7 rings (SSSR count). The van der Waals surface area contributed by atoms with E-state index in [2.05, 4.69) is 72.1 Å². The zero-order valence-corrected chi connectivity index (χ0v) is 21.0. The quantitative estimate of drug-likeness (QED) is 0.220. The second kappa shape index (κ2) is 8.97. The lowest BCUT2D eigenvalue weighted by atomic mass is 10.0. The first-order chi connectivity index (χ1) is 18.2. The highest BCUT2D eigenvalue weighted by Crippen LogP contribution is 2.35. The van der Waals surface area contributed by atoms with E-state index in [1.165, 1.54) is 31.2 Å². The van der Waals surface area contributed by atoms with Gasteiger partial charge in [0.2, 0.25) is 0 Å². The molecule has 6 heterocycles. The van der Waals surface area contributed by atoms with Crippen LogP contribution in [0.25, 0.3) is 55.8 Å². The lowest BCUT2D eigenvalue weighted by molar-refractivity contribution is 0.649. The van der Waals surface area contributed by atoms with Gasteiger partial charge in [0, 0.05) is 29.0 Å². The van der Waals surface area contributed by atoms with Gasteiger partial charge in [-0.3, -0.25) is 10.1 Å². The molecule has 1 fully saturated rings. The first-order valence-electron chi connectivity index (χ1n) is 12.5. The van der Waals surface area contributed by atoms with Crippen molar-refractivity contribution >= 4 is 39.1 Å². The molecule has 37 heavy (non-hydrogen) atoms. The van der Waals surface area contributed by atoms with Crippen molar-refractivity contribution in [2.75, 3.05) is 5.32 Å². The van der Waals surface area contributed by atoms with Crippen LogP contribution in [0.3, 0.4) is 0 Å². The number of fused-ring (bicyclic) bond motifs is 2. The molecule has 0 radical (unpaired) electrons. The molecule has 8 heteroatoms. The van der Waals surface area contributed by atoms with Gasteiger partial charge in [-0.25, -0.2) is 9.97 Å². The molecular weight excluding hydrogens is 478 g/mol. The normalized spacial score (nSPS) is 14.1. The van der Waals surface area contributed by atoms with Crippen molar-refractivity contribution in [1.82, 2.24) is 30.1 Å². The predicted octanol–water partition coefficient (Wildman–Crippen LogP) is 7.41. The van der Waals surface area contributed by atoms with Crippen LogP contribution in [0.1, 0.15) is 25.7 Å². The van der Waals surface area contributed by atoms with Crippen molar-refractivity contribution in [2.24, 2.45) is 5.92 Å². The molecule has 0 atom stereocenters. The Bertz CT molecular complexity index is 1740. The lowest BCUT2D eigenvalue weighted by Gasteiger charge is -2.15. The van der Waals surface area contributed by atoms with Gasteiger partial charge in [-0.2, -0.15) is 16.4 Å². The summed E-state index contributed by atoms with van der Waals surface area (Å²) in [6.07, 6.45) is 10.5. The highest BCUT2D eigenvalue weighted by atomic mass is 32.1. The van der Waals surface area contributed by atoms with Crippen molar-refractivity contribution in [2.45, 2.75) is 25.7 Å². The molecule has 0 bridgehead atoms. The summed E-state index contributed by atoms with van der Waals surface area (Å²) in [7, 11) is 0. The summed E-state index contributed by atoms with van der Waals surface area (Å²) < 4.78 is 0. The van der Waals surface area contributed by atoms with Gasteiger partial charge >= 0.3 is 0 Å². The van der Waals surface area contributed by atoms with E-state index >= 15 is 0 Å². The molecule has 0 unspecified atom stereocenters. The van der Waals surface area contributed by atoms with Gasteiger partial charge in [0.25, 0.3) is 0 Å². The van der Waals surface area contributed by atoms with Crippen LogP contribution in [0.5, 0.6) is 0 Å². The molecular formula is C29H25N7S. The monoisotopic (exact) mass is 503 g/mol. The fourth-order valence-electron chi connectivity index (χ4n) is 5.28. The zero-order valence-electron chi connectivity index (χ0n) is 20.2. The molecule has 6 aromatic rings. The second-order valence-electron chi connectivity index (χ2n) is 9.57. The maximum atomic E-state index is 5.00. The van der Waals surface area contributed by atoms with E-state index in [0.717, 1.165) is 61.7 Å². The summed E-state index contributed by atoms with van der Waals surface area (Å²) in [6.45, 7) is 4.28. The number of H-pyrrole nitrogens is 2. The average Bonchev–Trinajstić information content (AvgIpc) is 3.74. The number of aromatic amines is 2. The standard InChI is InChI=1S/C29H25N7S/c1-17(18-4-2-3-5-18)32-21-12-20(14-30-15-21)24-6-7-25-27(33-24)28(36-35-25)26-13-23-22(19-9-11-37-16-19)8-10-31-29(23)34-26/h6-16,18,32H,1-5H2,(H,31,34)(H,35,36). The van der Waals surface area contributed by atoms with E-state index in [9.17, 15) is 0 Å². The molecule has 1 aliphatic carbocycles. The number of hydrogen-bond donors (Lipinski definition) is 3. The van der Waals surface area contributed by atoms with Crippen LogP contribution < -0.4 is 5.32 Å². The first kappa shape index (κ1) is 21.9. The highest BCUT2D eigenvalue weighted by Gasteiger charge is 2.19. The zero-order chi connectivity index (χ0) is 24.8. The number of anilines is 1. The molecule has 1 saturated carbocycles. The molecule has 7 nitrogen and oxygen atoms in total. The van der Waals surface area contributed by atoms with Crippen LogP contribution in [0.4, 0.5) is 5.69 Å². The molecule has 0 spiro atoms. The van der Waals surface area contributed by atoms with Crippen LogP contribution >= 0.6 is 11.3 Å². The molecule has 0 aromatic carbocycles. The molecule has 6 aromatic heterocycles. The molecule has 1 aliphatic rings. The Morgan fingerprint density at radius 2 is 1.97 bits per heavy atom. The van der Waals surface area contributed by atoms with Crippen LogP contribution in [0.15, 0.2) is 78.0 Å². The highest BCUT2D eigenvalue weighted by molar-refractivity contribution is 7.08.